The van der Waals surface area contributed by atoms with Gasteiger partial charge in [0.1, 0.15) is 5.75 Å². The van der Waals surface area contributed by atoms with Crippen LogP contribution in [0.2, 0.25) is 0 Å². The van der Waals surface area contributed by atoms with Gasteiger partial charge < -0.3 is 20.5 Å². The summed E-state index contributed by atoms with van der Waals surface area (Å²) >= 11 is 0. The molecule has 0 unspecified atom stereocenters. The first-order valence-electron chi connectivity index (χ1n) is 5.47. The number of carbonyl (C=O) groups excluding carboxylic acids is 1. The third kappa shape index (κ3) is 4.42. The Morgan fingerprint density at radius 2 is 2.00 bits per heavy atom. The van der Waals surface area contributed by atoms with Gasteiger partial charge in [-0.25, -0.2) is 0 Å². The van der Waals surface area contributed by atoms with E-state index in [-0.39, 0.29) is 11.7 Å². The molecule has 0 aromatic heterocycles. The van der Waals surface area contributed by atoms with E-state index in [1.807, 2.05) is 0 Å². The third-order valence-corrected chi connectivity index (χ3v) is 2.29. The molecule has 0 spiro atoms. The van der Waals surface area contributed by atoms with Crippen molar-refractivity contribution in [3.05, 3.63) is 29.8 Å². The van der Waals surface area contributed by atoms with Crippen molar-refractivity contribution in [3.63, 3.8) is 0 Å². The SMILES string of the molecule is CN(CCOCCN)C(=O)c1ccc(O)cc1. The summed E-state index contributed by atoms with van der Waals surface area (Å²) in [5.41, 5.74) is 5.83. The van der Waals surface area contributed by atoms with Gasteiger partial charge >= 0.3 is 0 Å². The van der Waals surface area contributed by atoms with Crippen LogP contribution in [0.3, 0.4) is 0 Å². The first-order chi connectivity index (χ1) is 8.15. The fourth-order valence-corrected chi connectivity index (χ4v) is 1.31. The van der Waals surface area contributed by atoms with E-state index in [9.17, 15) is 4.79 Å². The number of carbonyl (C=O) groups is 1. The minimum atomic E-state index is -0.0960. The Kier molecular flexibility index (Phi) is 5.45. The van der Waals surface area contributed by atoms with Gasteiger partial charge in [-0.1, -0.05) is 0 Å². The second-order valence-electron chi connectivity index (χ2n) is 3.67. The Morgan fingerprint density at radius 1 is 1.35 bits per heavy atom. The highest BCUT2D eigenvalue weighted by Crippen LogP contribution is 2.11. The van der Waals surface area contributed by atoms with Crippen LogP contribution in [-0.2, 0) is 4.74 Å². The number of benzene rings is 1. The number of aromatic hydroxyl groups is 1. The lowest BCUT2D eigenvalue weighted by atomic mass is 10.2. The van der Waals surface area contributed by atoms with Gasteiger partial charge in [-0.2, -0.15) is 0 Å². The molecule has 0 aliphatic heterocycles. The maximum atomic E-state index is 11.9. The molecule has 0 saturated carbocycles. The van der Waals surface area contributed by atoms with Gasteiger partial charge in [-0.15, -0.1) is 0 Å². The van der Waals surface area contributed by atoms with E-state index in [2.05, 4.69) is 0 Å². The topological polar surface area (TPSA) is 75.8 Å². The first kappa shape index (κ1) is 13.5. The zero-order valence-electron chi connectivity index (χ0n) is 9.93. The minimum Gasteiger partial charge on any atom is -0.508 e. The van der Waals surface area contributed by atoms with Crippen molar-refractivity contribution >= 4 is 5.91 Å². The van der Waals surface area contributed by atoms with Crippen molar-refractivity contribution in [1.29, 1.82) is 0 Å². The van der Waals surface area contributed by atoms with Crippen LogP contribution in [-0.4, -0.2) is 49.3 Å². The molecule has 17 heavy (non-hydrogen) atoms. The molecule has 94 valence electrons. The van der Waals surface area contributed by atoms with Crippen LogP contribution < -0.4 is 5.73 Å². The molecule has 1 rings (SSSR count). The maximum Gasteiger partial charge on any atom is 0.253 e. The summed E-state index contributed by atoms with van der Waals surface area (Å²) in [4.78, 5) is 13.5. The first-order valence-corrected chi connectivity index (χ1v) is 5.47. The van der Waals surface area contributed by atoms with E-state index < -0.39 is 0 Å². The fraction of sp³-hybridized carbons (Fsp3) is 0.417. The highest BCUT2D eigenvalue weighted by molar-refractivity contribution is 5.94. The second-order valence-corrected chi connectivity index (χ2v) is 3.67. The van der Waals surface area contributed by atoms with Crippen LogP contribution in [0.5, 0.6) is 5.75 Å². The standard InChI is InChI=1S/C12H18N2O3/c1-14(7-9-17-8-6-13)12(16)10-2-4-11(15)5-3-10/h2-5,15H,6-9,13H2,1H3. The van der Waals surface area contributed by atoms with Gasteiger partial charge in [0.05, 0.1) is 13.2 Å². The molecule has 0 aliphatic rings. The molecule has 0 saturated heterocycles. The van der Waals surface area contributed by atoms with Crippen LogP contribution in [0.4, 0.5) is 0 Å². The summed E-state index contributed by atoms with van der Waals surface area (Å²) in [5, 5.41) is 9.12. The number of likely N-dealkylation sites (N-methyl/N-ethyl adjacent to an activating group) is 1. The number of ether oxygens (including phenoxy) is 1. The van der Waals surface area contributed by atoms with E-state index in [1.54, 1.807) is 24.1 Å². The number of amides is 1. The third-order valence-electron chi connectivity index (χ3n) is 2.29. The van der Waals surface area contributed by atoms with Crippen LogP contribution >= 0.6 is 0 Å². The number of hydrogen-bond acceptors (Lipinski definition) is 4. The van der Waals surface area contributed by atoms with Crippen LogP contribution in [0.1, 0.15) is 10.4 Å². The van der Waals surface area contributed by atoms with E-state index in [1.165, 1.54) is 12.1 Å². The Balaban J connectivity index is 2.43. The normalized spacial score (nSPS) is 10.2. The summed E-state index contributed by atoms with van der Waals surface area (Å²) < 4.78 is 5.20. The van der Waals surface area contributed by atoms with Crippen molar-refractivity contribution in [2.45, 2.75) is 0 Å². The molecular weight excluding hydrogens is 220 g/mol. The van der Waals surface area contributed by atoms with Gasteiger partial charge in [-0.05, 0) is 24.3 Å². The predicted molar refractivity (Wildman–Crippen MR) is 64.9 cm³/mol. The highest BCUT2D eigenvalue weighted by atomic mass is 16.5. The van der Waals surface area contributed by atoms with Gasteiger partial charge in [0.25, 0.3) is 5.91 Å². The van der Waals surface area contributed by atoms with Gasteiger partial charge in [-0.3, -0.25) is 4.79 Å². The summed E-state index contributed by atoms with van der Waals surface area (Å²) in [6.07, 6.45) is 0. The van der Waals surface area contributed by atoms with Gasteiger partial charge in [0.2, 0.25) is 0 Å². The monoisotopic (exact) mass is 238 g/mol. The molecule has 1 aromatic rings. The average Bonchev–Trinajstić information content (AvgIpc) is 2.34. The number of hydrogen-bond donors (Lipinski definition) is 2. The smallest absolute Gasteiger partial charge is 0.253 e. The number of rotatable bonds is 6. The van der Waals surface area contributed by atoms with Crippen molar-refractivity contribution in [2.24, 2.45) is 5.73 Å². The lowest BCUT2D eigenvalue weighted by Crippen LogP contribution is -2.30. The molecule has 1 aromatic carbocycles. The van der Waals surface area contributed by atoms with Crippen LogP contribution in [0, 0.1) is 0 Å². The molecular formula is C12H18N2O3. The van der Waals surface area contributed by atoms with Crippen LogP contribution in [0.25, 0.3) is 0 Å². The Hall–Kier alpha value is -1.59. The molecule has 0 fully saturated rings. The minimum absolute atomic E-state index is 0.0960. The maximum absolute atomic E-state index is 11.9. The van der Waals surface area contributed by atoms with Crippen molar-refractivity contribution < 1.29 is 14.6 Å². The molecule has 0 aliphatic carbocycles. The van der Waals surface area contributed by atoms with Gasteiger partial charge in [0.15, 0.2) is 0 Å². The molecule has 0 atom stereocenters. The Morgan fingerprint density at radius 3 is 2.59 bits per heavy atom. The number of phenols is 1. The number of phenolic OH excluding ortho intramolecular Hbond substituents is 1. The van der Waals surface area contributed by atoms with E-state index >= 15 is 0 Å². The Bertz CT molecular complexity index is 351. The molecule has 1 amide bonds. The zero-order valence-corrected chi connectivity index (χ0v) is 9.93. The van der Waals surface area contributed by atoms with E-state index in [4.69, 9.17) is 15.6 Å². The summed E-state index contributed by atoms with van der Waals surface area (Å²) in [5.74, 6) is 0.0526. The molecule has 0 heterocycles. The largest absolute Gasteiger partial charge is 0.508 e. The molecule has 5 heteroatoms. The molecule has 3 N–H and O–H groups in total. The highest BCUT2D eigenvalue weighted by Gasteiger charge is 2.10. The summed E-state index contributed by atoms with van der Waals surface area (Å²) in [6.45, 7) is 1.97. The van der Waals surface area contributed by atoms with Crippen molar-refractivity contribution in [1.82, 2.24) is 4.90 Å². The zero-order chi connectivity index (χ0) is 12.7. The summed E-state index contributed by atoms with van der Waals surface area (Å²) in [7, 11) is 1.71. The van der Waals surface area contributed by atoms with Crippen molar-refractivity contribution in [3.8, 4) is 5.75 Å². The lowest BCUT2D eigenvalue weighted by molar-refractivity contribution is 0.0704. The molecule has 5 nitrogen and oxygen atoms in total. The van der Waals surface area contributed by atoms with E-state index in [0.29, 0.717) is 31.9 Å². The average molecular weight is 238 g/mol. The lowest BCUT2D eigenvalue weighted by Gasteiger charge is -2.17. The predicted octanol–water partition coefficient (Wildman–Crippen LogP) is 0.439. The second kappa shape index (κ2) is 6.88. The number of nitrogens with two attached hydrogens (primary N) is 1. The van der Waals surface area contributed by atoms with E-state index in [0.717, 1.165) is 0 Å². The fourth-order valence-electron chi connectivity index (χ4n) is 1.31. The summed E-state index contributed by atoms with van der Waals surface area (Å²) in [6, 6.07) is 6.17. The molecule has 0 bridgehead atoms. The van der Waals surface area contributed by atoms with Crippen LogP contribution in [0.15, 0.2) is 24.3 Å². The Labute approximate surface area is 101 Å². The van der Waals surface area contributed by atoms with Gasteiger partial charge in [0, 0.05) is 25.7 Å². The van der Waals surface area contributed by atoms with Crippen molar-refractivity contribution in [2.75, 3.05) is 33.4 Å². The number of nitrogens with zero attached hydrogens (tertiary/aromatic N) is 1. The quantitative estimate of drug-likeness (QED) is 0.705. The molecule has 0 radical (unpaired) electrons.